The van der Waals surface area contributed by atoms with E-state index in [0.29, 0.717) is 36.8 Å². The van der Waals surface area contributed by atoms with Gasteiger partial charge in [-0.1, -0.05) is 27.7 Å². The molecule has 0 amide bonds. The summed E-state index contributed by atoms with van der Waals surface area (Å²) in [5.74, 6) is 3.04. The van der Waals surface area contributed by atoms with Crippen LogP contribution in [0.3, 0.4) is 0 Å². The zero-order chi connectivity index (χ0) is 14.3. The van der Waals surface area contributed by atoms with Gasteiger partial charge in [-0.25, -0.2) is 4.98 Å². The molecule has 0 spiro atoms. The largest absolute Gasteiger partial charge is 0.477 e. The van der Waals surface area contributed by atoms with Gasteiger partial charge in [-0.05, 0) is 11.8 Å². The zero-order valence-corrected chi connectivity index (χ0v) is 12.6. The monoisotopic (exact) mass is 267 g/mol. The maximum absolute atomic E-state index is 5.66. The molecule has 5 nitrogen and oxygen atoms in total. The molecule has 0 saturated carbocycles. The van der Waals surface area contributed by atoms with E-state index in [-0.39, 0.29) is 0 Å². The van der Waals surface area contributed by atoms with Gasteiger partial charge in [0.2, 0.25) is 5.88 Å². The molecule has 0 radical (unpaired) electrons. The molecule has 0 aliphatic heterocycles. The average Bonchev–Trinajstić information content (AvgIpc) is 2.34. The molecular formula is C14H25N3O2. The van der Waals surface area contributed by atoms with Crippen molar-refractivity contribution < 1.29 is 9.47 Å². The maximum atomic E-state index is 5.66. The van der Waals surface area contributed by atoms with E-state index in [9.17, 15) is 0 Å². The fourth-order valence-electron chi connectivity index (χ4n) is 1.39. The fourth-order valence-corrected chi connectivity index (χ4v) is 1.39. The molecule has 0 fully saturated rings. The first-order chi connectivity index (χ1) is 9.01. The normalized spacial score (nSPS) is 11.1. The Kier molecular flexibility index (Phi) is 6.56. The van der Waals surface area contributed by atoms with E-state index >= 15 is 0 Å². The number of hydrogen-bond donors (Lipinski definition) is 1. The van der Waals surface area contributed by atoms with Crippen LogP contribution in [-0.2, 0) is 11.3 Å². The minimum absolute atomic E-state index is 0.384. The lowest BCUT2D eigenvalue weighted by atomic mass is 10.2. The summed E-state index contributed by atoms with van der Waals surface area (Å²) in [6.45, 7) is 10.4. The summed E-state index contributed by atoms with van der Waals surface area (Å²) >= 11 is 0. The highest BCUT2D eigenvalue weighted by Gasteiger charge is 2.07. The van der Waals surface area contributed by atoms with Crippen LogP contribution >= 0.6 is 0 Å². The lowest BCUT2D eigenvalue weighted by Crippen LogP contribution is -2.12. The number of hydrogen-bond acceptors (Lipinski definition) is 5. The maximum Gasteiger partial charge on any atom is 0.218 e. The van der Waals surface area contributed by atoms with Crippen molar-refractivity contribution in [1.82, 2.24) is 9.97 Å². The van der Waals surface area contributed by atoms with Crippen molar-refractivity contribution in [2.75, 3.05) is 25.6 Å². The van der Waals surface area contributed by atoms with Gasteiger partial charge in [0, 0.05) is 19.7 Å². The summed E-state index contributed by atoms with van der Waals surface area (Å²) in [5.41, 5.74) is 0. The Labute approximate surface area is 115 Å². The molecule has 0 saturated heterocycles. The highest BCUT2D eigenvalue weighted by atomic mass is 16.5. The second kappa shape index (κ2) is 7.94. The number of methoxy groups -OCH3 is 1. The first-order valence-corrected chi connectivity index (χ1v) is 6.74. The van der Waals surface area contributed by atoms with E-state index in [2.05, 4.69) is 43.0 Å². The van der Waals surface area contributed by atoms with Crippen LogP contribution in [0.15, 0.2) is 6.07 Å². The summed E-state index contributed by atoms with van der Waals surface area (Å²) < 4.78 is 10.7. The van der Waals surface area contributed by atoms with Gasteiger partial charge in [0.1, 0.15) is 12.4 Å². The lowest BCUT2D eigenvalue weighted by Gasteiger charge is -2.12. The predicted molar refractivity (Wildman–Crippen MR) is 76.4 cm³/mol. The molecule has 0 aromatic carbocycles. The minimum Gasteiger partial charge on any atom is -0.477 e. The number of rotatable bonds is 8. The third kappa shape index (κ3) is 6.38. The highest BCUT2D eigenvalue weighted by Crippen LogP contribution is 2.15. The Morgan fingerprint density at radius 1 is 1.16 bits per heavy atom. The number of anilines is 1. The fraction of sp³-hybridized carbons (Fsp3) is 0.714. The van der Waals surface area contributed by atoms with Crippen molar-refractivity contribution in [3.63, 3.8) is 0 Å². The standard InChI is InChI=1S/C14H25N3O2/c1-10(2)7-15-12-6-14(19-8-11(3)4)17-13(16-12)9-18-5/h6,10-11H,7-9H2,1-5H3,(H,15,16,17). The SMILES string of the molecule is COCc1nc(NCC(C)C)cc(OCC(C)C)n1. The lowest BCUT2D eigenvalue weighted by molar-refractivity contribution is 0.175. The van der Waals surface area contributed by atoms with E-state index in [1.165, 1.54) is 0 Å². The van der Waals surface area contributed by atoms with E-state index in [0.717, 1.165) is 12.4 Å². The highest BCUT2D eigenvalue weighted by molar-refractivity contribution is 5.38. The van der Waals surface area contributed by atoms with Crippen molar-refractivity contribution in [1.29, 1.82) is 0 Å². The quantitative estimate of drug-likeness (QED) is 0.785. The third-order valence-corrected chi connectivity index (χ3v) is 2.28. The molecule has 108 valence electrons. The molecule has 1 aromatic heterocycles. The van der Waals surface area contributed by atoms with Gasteiger partial charge in [-0.2, -0.15) is 4.98 Å². The molecule has 1 heterocycles. The van der Waals surface area contributed by atoms with Gasteiger partial charge < -0.3 is 14.8 Å². The van der Waals surface area contributed by atoms with E-state index in [1.54, 1.807) is 7.11 Å². The average molecular weight is 267 g/mol. The van der Waals surface area contributed by atoms with Crippen molar-refractivity contribution >= 4 is 5.82 Å². The number of nitrogens with one attached hydrogen (secondary N) is 1. The topological polar surface area (TPSA) is 56.3 Å². The Balaban J connectivity index is 2.77. The summed E-state index contributed by atoms with van der Waals surface area (Å²) in [4.78, 5) is 8.72. The minimum atomic E-state index is 0.384. The van der Waals surface area contributed by atoms with Crippen LogP contribution in [0, 0.1) is 11.8 Å². The van der Waals surface area contributed by atoms with Crippen LogP contribution in [0.1, 0.15) is 33.5 Å². The van der Waals surface area contributed by atoms with E-state index in [4.69, 9.17) is 9.47 Å². The third-order valence-electron chi connectivity index (χ3n) is 2.28. The first-order valence-electron chi connectivity index (χ1n) is 6.74. The van der Waals surface area contributed by atoms with Crippen LogP contribution in [0.2, 0.25) is 0 Å². The number of ether oxygens (including phenoxy) is 2. The molecule has 0 unspecified atom stereocenters. The zero-order valence-electron chi connectivity index (χ0n) is 12.6. The van der Waals surface area contributed by atoms with Crippen LogP contribution < -0.4 is 10.1 Å². The summed E-state index contributed by atoms with van der Waals surface area (Å²) in [6.07, 6.45) is 0. The number of nitrogens with zero attached hydrogens (tertiary/aromatic N) is 2. The van der Waals surface area contributed by atoms with Crippen molar-refractivity contribution in [2.45, 2.75) is 34.3 Å². The molecule has 0 bridgehead atoms. The summed E-state index contributed by atoms with van der Waals surface area (Å²) in [5, 5.41) is 3.28. The molecule has 1 N–H and O–H groups in total. The second-order valence-electron chi connectivity index (χ2n) is 5.42. The van der Waals surface area contributed by atoms with Crippen LogP contribution in [0.25, 0.3) is 0 Å². The Bertz CT molecular complexity index is 351. The van der Waals surface area contributed by atoms with Gasteiger partial charge in [-0.15, -0.1) is 0 Å². The molecular weight excluding hydrogens is 242 g/mol. The molecule has 1 aromatic rings. The summed E-state index contributed by atoms with van der Waals surface area (Å²) in [7, 11) is 1.63. The molecule has 0 atom stereocenters. The Morgan fingerprint density at radius 2 is 1.89 bits per heavy atom. The van der Waals surface area contributed by atoms with E-state index < -0.39 is 0 Å². The van der Waals surface area contributed by atoms with Crippen LogP contribution in [0.4, 0.5) is 5.82 Å². The molecule has 5 heteroatoms. The van der Waals surface area contributed by atoms with Gasteiger partial charge in [0.25, 0.3) is 0 Å². The number of aromatic nitrogens is 2. The smallest absolute Gasteiger partial charge is 0.218 e. The van der Waals surface area contributed by atoms with Crippen molar-refractivity contribution in [2.24, 2.45) is 11.8 Å². The molecule has 19 heavy (non-hydrogen) atoms. The second-order valence-corrected chi connectivity index (χ2v) is 5.42. The van der Waals surface area contributed by atoms with E-state index in [1.807, 2.05) is 6.07 Å². The molecule has 0 aliphatic rings. The van der Waals surface area contributed by atoms with Gasteiger partial charge in [0.15, 0.2) is 5.82 Å². The summed E-state index contributed by atoms with van der Waals surface area (Å²) in [6, 6.07) is 1.84. The van der Waals surface area contributed by atoms with Crippen molar-refractivity contribution in [3.8, 4) is 5.88 Å². The van der Waals surface area contributed by atoms with Gasteiger partial charge in [-0.3, -0.25) is 0 Å². The Morgan fingerprint density at radius 3 is 2.47 bits per heavy atom. The molecule has 0 aliphatic carbocycles. The Hall–Kier alpha value is -1.36. The van der Waals surface area contributed by atoms with Gasteiger partial charge in [0.05, 0.1) is 6.61 Å². The van der Waals surface area contributed by atoms with Crippen LogP contribution in [0.5, 0.6) is 5.88 Å². The van der Waals surface area contributed by atoms with Crippen molar-refractivity contribution in [3.05, 3.63) is 11.9 Å². The first kappa shape index (κ1) is 15.7. The predicted octanol–water partition coefficient (Wildman–Crippen LogP) is 2.73. The van der Waals surface area contributed by atoms with Gasteiger partial charge >= 0.3 is 0 Å². The van der Waals surface area contributed by atoms with Crippen LogP contribution in [-0.4, -0.2) is 30.2 Å². The molecule has 1 rings (SSSR count).